The van der Waals surface area contributed by atoms with Crippen molar-refractivity contribution in [3.63, 3.8) is 0 Å². The highest BCUT2D eigenvalue weighted by atomic mass is 16.4. The quantitative estimate of drug-likeness (QED) is 0.704. The van der Waals surface area contributed by atoms with Crippen LogP contribution in [-0.4, -0.2) is 22.8 Å². The van der Waals surface area contributed by atoms with Crippen LogP contribution >= 0.6 is 0 Å². The molecule has 0 aliphatic heterocycles. The molecule has 3 heteroatoms. The molecule has 0 heterocycles. The summed E-state index contributed by atoms with van der Waals surface area (Å²) >= 11 is 0. The van der Waals surface area contributed by atoms with Gasteiger partial charge in [0.15, 0.2) is 0 Å². The molecule has 0 unspecified atom stereocenters. The molecule has 0 spiro atoms. The van der Waals surface area contributed by atoms with Crippen LogP contribution in [0, 0.1) is 11.3 Å². The van der Waals surface area contributed by atoms with Crippen LogP contribution in [0.2, 0.25) is 0 Å². The average Bonchev–Trinajstić information content (AvgIpc) is 2.17. The first-order chi connectivity index (χ1) is 6.11. The smallest absolute Gasteiger partial charge is 0.311 e. The average molecular weight is 186 g/mol. The van der Waals surface area contributed by atoms with Gasteiger partial charge in [-0.3, -0.25) is 4.79 Å². The summed E-state index contributed by atoms with van der Waals surface area (Å²) in [5, 5.41) is 18.2. The van der Waals surface area contributed by atoms with Gasteiger partial charge in [0.25, 0.3) is 0 Å². The van der Waals surface area contributed by atoms with E-state index in [-0.39, 0.29) is 12.5 Å². The lowest BCUT2D eigenvalue weighted by atomic mass is 9.70. The van der Waals surface area contributed by atoms with Crippen molar-refractivity contribution < 1.29 is 15.0 Å². The molecule has 13 heavy (non-hydrogen) atoms. The second-order valence-electron chi connectivity index (χ2n) is 4.22. The minimum absolute atomic E-state index is 0.156. The van der Waals surface area contributed by atoms with Gasteiger partial charge in [-0.15, -0.1) is 0 Å². The summed E-state index contributed by atoms with van der Waals surface area (Å²) in [6, 6.07) is 0. The van der Waals surface area contributed by atoms with Gasteiger partial charge in [-0.1, -0.05) is 19.3 Å². The second kappa shape index (κ2) is 4.09. The molecular weight excluding hydrogens is 168 g/mol. The normalized spacial score (nSPS) is 23.8. The molecule has 1 atom stereocenters. The number of carboxylic acid groups (broad SMARTS) is 1. The number of hydrogen-bond donors (Lipinski definition) is 2. The van der Waals surface area contributed by atoms with Crippen molar-refractivity contribution >= 4 is 5.97 Å². The molecule has 0 radical (unpaired) electrons. The van der Waals surface area contributed by atoms with Crippen molar-refractivity contribution in [1.82, 2.24) is 0 Å². The molecule has 2 N–H and O–H groups in total. The minimum atomic E-state index is -0.916. The first-order valence-corrected chi connectivity index (χ1v) is 4.95. The Balaban J connectivity index is 2.68. The summed E-state index contributed by atoms with van der Waals surface area (Å²) in [6.07, 6.45) is 5.31. The van der Waals surface area contributed by atoms with E-state index in [1.54, 1.807) is 6.92 Å². The molecule has 1 saturated carbocycles. The van der Waals surface area contributed by atoms with Crippen LogP contribution < -0.4 is 0 Å². The standard InChI is InChI=1S/C10H18O3/c1-10(7-11,9(12)13)8-5-3-2-4-6-8/h8,11H,2-7H2,1H3,(H,12,13)/t10-/m0/s1. The molecule has 1 aliphatic carbocycles. The zero-order valence-corrected chi connectivity index (χ0v) is 8.12. The molecule has 0 amide bonds. The van der Waals surface area contributed by atoms with E-state index >= 15 is 0 Å². The molecule has 0 aromatic rings. The third-order valence-corrected chi connectivity index (χ3v) is 3.32. The summed E-state index contributed by atoms with van der Waals surface area (Å²) in [6.45, 7) is 1.42. The summed E-state index contributed by atoms with van der Waals surface area (Å²) in [7, 11) is 0. The van der Waals surface area contributed by atoms with Crippen LogP contribution in [-0.2, 0) is 4.79 Å². The molecular formula is C10H18O3. The highest BCUT2D eigenvalue weighted by molar-refractivity contribution is 5.74. The van der Waals surface area contributed by atoms with Crippen LogP contribution in [0.3, 0.4) is 0 Å². The van der Waals surface area contributed by atoms with E-state index < -0.39 is 11.4 Å². The summed E-state index contributed by atoms with van der Waals surface area (Å²) in [5.41, 5.74) is -0.916. The number of aliphatic carboxylic acids is 1. The van der Waals surface area contributed by atoms with Crippen LogP contribution in [0.25, 0.3) is 0 Å². The molecule has 3 nitrogen and oxygen atoms in total. The Labute approximate surface area is 78.8 Å². The number of aliphatic hydroxyl groups excluding tert-OH is 1. The Morgan fingerprint density at radius 2 is 1.92 bits per heavy atom. The van der Waals surface area contributed by atoms with E-state index in [1.807, 2.05) is 0 Å². The van der Waals surface area contributed by atoms with Crippen molar-refractivity contribution in [2.45, 2.75) is 39.0 Å². The van der Waals surface area contributed by atoms with Crippen LogP contribution in [0.15, 0.2) is 0 Å². The van der Waals surface area contributed by atoms with Crippen LogP contribution in [0.4, 0.5) is 0 Å². The van der Waals surface area contributed by atoms with Gasteiger partial charge in [0.1, 0.15) is 0 Å². The highest BCUT2D eigenvalue weighted by Gasteiger charge is 2.41. The third-order valence-electron chi connectivity index (χ3n) is 3.32. The Hall–Kier alpha value is -0.570. The number of aliphatic hydroxyl groups is 1. The Kier molecular flexibility index (Phi) is 3.31. The molecule has 0 aromatic heterocycles. The first-order valence-electron chi connectivity index (χ1n) is 4.95. The summed E-state index contributed by atoms with van der Waals surface area (Å²) < 4.78 is 0. The van der Waals surface area contributed by atoms with Crippen molar-refractivity contribution in [1.29, 1.82) is 0 Å². The highest BCUT2D eigenvalue weighted by Crippen LogP contribution is 2.38. The maximum atomic E-state index is 11.0. The third kappa shape index (κ3) is 2.02. The lowest BCUT2D eigenvalue weighted by Gasteiger charge is -2.34. The van der Waals surface area contributed by atoms with Crippen molar-refractivity contribution in [2.24, 2.45) is 11.3 Å². The van der Waals surface area contributed by atoms with Crippen molar-refractivity contribution in [3.05, 3.63) is 0 Å². The topological polar surface area (TPSA) is 57.5 Å². The Morgan fingerprint density at radius 3 is 2.31 bits per heavy atom. The van der Waals surface area contributed by atoms with Gasteiger partial charge in [-0.05, 0) is 25.7 Å². The predicted octanol–water partition coefficient (Wildman–Crippen LogP) is 1.65. The van der Waals surface area contributed by atoms with Crippen molar-refractivity contribution in [2.75, 3.05) is 6.61 Å². The second-order valence-corrected chi connectivity index (χ2v) is 4.22. The Bertz CT molecular complexity index is 185. The number of hydrogen-bond acceptors (Lipinski definition) is 2. The fourth-order valence-electron chi connectivity index (χ4n) is 2.11. The van der Waals surface area contributed by atoms with E-state index in [9.17, 15) is 4.79 Å². The maximum absolute atomic E-state index is 11.0. The van der Waals surface area contributed by atoms with Gasteiger partial charge in [-0.2, -0.15) is 0 Å². The molecule has 76 valence electrons. The van der Waals surface area contributed by atoms with Gasteiger partial charge < -0.3 is 10.2 Å². The van der Waals surface area contributed by atoms with E-state index in [0.717, 1.165) is 25.7 Å². The number of carboxylic acids is 1. The first kappa shape index (κ1) is 10.5. The van der Waals surface area contributed by atoms with E-state index in [0.29, 0.717) is 0 Å². The van der Waals surface area contributed by atoms with Gasteiger partial charge in [0.2, 0.25) is 0 Å². The van der Waals surface area contributed by atoms with E-state index in [4.69, 9.17) is 10.2 Å². The fraction of sp³-hybridized carbons (Fsp3) is 0.900. The molecule has 1 rings (SSSR count). The van der Waals surface area contributed by atoms with Gasteiger partial charge >= 0.3 is 5.97 Å². The zero-order valence-electron chi connectivity index (χ0n) is 8.12. The molecule has 1 fully saturated rings. The monoisotopic (exact) mass is 186 g/mol. The van der Waals surface area contributed by atoms with Gasteiger partial charge in [0, 0.05) is 0 Å². The molecule has 0 saturated heterocycles. The maximum Gasteiger partial charge on any atom is 0.311 e. The van der Waals surface area contributed by atoms with Crippen molar-refractivity contribution in [3.8, 4) is 0 Å². The zero-order chi connectivity index (χ0) is 9.90. The van der Waals surface area contributed by atoms with E-state index in [1.165, 1.54) is 6.42 Å². The van der Waals surface area contributed by atoms with Crippen LogP contribution in [0.5, 0.6) is 0 Å². The molecule has 0 bridgehead atoms. The fourth-order valence-corrected chi connectivity index (χ4v) is 2.11. The number of carbonyl (C=O) groups is 1. The van der Waals surface area contributed by atoms with Gasteiger partial charge in [-0.25, -0.2) is 0 Å². The predicted molar refractivity (Wildman–Crippen MR) is 49.4 cm³/mol. The SMILES string of the molecule is C[C@@](CO)(C(=O)O)C1CCCCC1. The lowest BCUT2D eigenvalue weighted by Crippen LogP contribution is -2.40. The number of rotatable bonds is 3. The molecule has 0 aromatic carbocycles. The minimum Gasteiger partial charge on any atom is -0.481 e. The lowest BCUT2D eigenvalue weighted by molar-refractivity contribution is -0.155. The van der Waals surface area contributed by atoms with E-state index in [2.05, 4.69) is 0 Å². The molecule has 1 aliphatic rings. The summed E-state index contributed by atoms with van der Waals surface area (Å²) in [4.78, 5) is 11.0. The van der Waals surface area contributed by atoms with Gasteiger partial charge in [0.05, 0.1) is 12.0 Å². The Morgan fingerprint density at radius 1 is 1.38 bits per heavy atom. The van der Waals surface area contributed by atoms with Crippen LogP contribution in [0.1, 0.15) is 39.0 Å². The summed E-state index contributed by atoms with van der Waals surface area (Å²) in [5.74, 6) is -0.703. The largest absolute Gasteiger partial charge is 0.481 e.